The average Bonchev–Trinajstić information content (AvgIpc) is 2.82. The Labute approximate surface area is 146 Å². The molecule has 1 aliphatic rings. The van der Waals surface area contributed by atoms with Gasteiger partial charge in [-0.15, -0.1) is 0 Å². The van der Waals surface area contributed by atoms with E-state index in [1.54, 1.807) is 12.1 Å². The van der Waals surface area contributed by atoms with Gasteiger partial charge in [0.15, 0.2) is 18.1 Å². The monoisotopic (exact) mass is 361 g/mol. The van der Waals surface area contributed by atoms with Gasteiger partial charge in [0.25, 0.3) is 0 Å². The molecule has 0 spiro atoms. The molecular formula is C18H26F3NO3. The SMILES string of the molecule is COc1cc(CN[C@H]2CCCCC[C@@H]2CO)ccc1OCC(F)(F)F. The normalized spacial score (nSPS) is 21.6. The van der Waals surface area contributed by atoms with Crippen molar-refractivity contribution in [1.82, 2.24) is 5.32 Å². The van der Waals surface area contributed by atoms with E-state index in [-0.39, 0.29) is 30.1 Å². The number of hydrogen-bond donors (Lipinski definition) is 2. The summed E-state index contributed by atoms with van der Waals surface area (Å²) in [6.45, 7) is -0.608. The van der Waals surface area contributed by atoms with Gasteiger partial charge in [0, 0.05) is 19.2 Å². The summed E-state index contributed by atoms with van der Waals surface area (Å²) in [4.78, 5) is 0. The Morgan fingerprint density at radius 2 is 1.92 bits per heavy atom. The maximum absolute atomic E-state index is 12.3. The van der Waals surface area contributed by atoms with Gasteiger partial charge in [0.2, 0.25) is 0 Å². The largest absolute Gasteiger partial charge is 0.493 e. The fraction of sp³-hybridized carbons (Fsp3) is 0.667. The smallest absolute Gasteiger partial charge is 0.422 e. The topological polar surface area (TPSA) is 50.7 Å². The third kappa shape index (κ3) is 6.40. The fourth-order valence-electron chi connectivity index (χ4n) is 3.22. The highest BCUT2D eigenvalue weighted by atomic mass is 19.4. The van der Waals surface area contributed by atoms with E-state index in [2.05, 4.69) is 5.32 Å². The summed E-state index contributed by atoms with van der Waals surface area (Å²) in [6.07, 6.45) is 1.12. The maximum Gasteiger partial charge on any atom is 0.422 e. The van der Waals surface area contributed by atoms with Crippen molar-refractivity contribution < 1.29 is 27.8 Å². The predicted octanol–water partition coefficient (Wildman–Crippen LogP) is 3.67. The molecule has 0 bridgehead atoms. The van der Waals surface area contributed by atoms with Crippen molar-refractivity contribution >= 4 is 0 Å². The Morgan fingerprint density at radius 3 is 2.60 bits per heavy atom. The maximum atomic E-state index is 12.3. The third-order valence-corrected chi connectivity index (χ3v) is 4.58. The lowest BCUT2D eigenvalue weighted by Gasteiger charge is -2.25. The van der Waals surface area contributed by atoms with Gasteiger partial charge < -0.3 is 19.9 Å². The average molecular weight is 361 g/mol. The number of aliphatic hydroxyl groups is 1. The molecule has 1 aromatic carbocycles. The number of nitrogens with one attached hydrogen (secondary N) is 1. The standard InChI is InChI=1S/C18H26F3NO3/c1-24-17-9-13(7-8-16(17)25-12-18(19,20)21)10-22-15-6-4-2-3-5-14(15)11-23/h7-9,14-15,22-23H,2-6,10-12H2,1H3/t14-,15+/m1/s1. The van der Waals surface area contributed by atoms with Crippen LogP contribution in [0.4, 0.5) is 13.2 Å². The van der Waals surface area contributed by atoms with Crippen LogP contribution in [0.25, 0.3) is 0 Å². The molecule has 1 aromatic rings. The van der Waals surface area contributed by atoms with Crippen LogP contribution in [0.1, 0.15) is 37.7 Å². The number of halogens is 3. The van der Waals surface area contributed by atoms with Crippen LogP contribution in [-0.2, 0) is 6.54 Å². The van der Waals surface area contributed by atoms with E-state index < -0.39 is 12.8 Å². The van der Waals surface area contributed by atoms with E-state index in [9.17, 15) is 18.3 Å². The third-order valence-electron chi connectivity index (χ3n) is 4.58. The predicted molar refractivity (Wildman–Crippen MR) is 88.8 cm³/mol. The molecule has 2 N–H and O–H groups in total. The number of rotatable bonds is 7. The van der Waals surface area contributed by atoms with Crippen molar-refractivity contribution in [2.45, 2.75) is 50.9 Å². The van der Waals surface area contributed by atoms with Crippen molar-refractivity contribution in [2.24, 2.45) is 5.92 Å². The quantitative estimate of drug-likeness (QED) is 0.728. The summed E-state index contributed by atoms with van der Waals surface area (Å²) < 4.78 is 46.8. The van der Waals surface area contributed by atoms with Crippen molar-refractivity contribution in [2.75, 3.05) is 20.3 Å². The first-order chi connectivity index (χ1) is 11.9. The molecule has 0 amide bonds. The van der Waals surface area contributed by atoms with Gasteiger partial charge in [0.1, 0.15) is 0 Å². The molecule has 2 atom stereocenters. The van der Waals surface area contributed by atoms with Crippen LogP contribution >= 0.6 is 0 Å². The van der Waals surface area contributed by atoms with Gasteiger partial charge in [-0.25, -0.2) is 0 Å². The summed E-state index contributed by atoms with van der Waals surface area (Å²) in [5.74, 6) is 0.605. The highest BCUT2D eigenvalue weighted by Crippen LogP contribution is 2.30. The van der Waals surface area contributed by atoms with E-state index >= 15 is 0 Å². The number of aliphatic hydroxyl groups excluding tert-OH is 1. The van der Waals surface area contributed by atoms with E-state index in [0.717, 1.165) is 31.2 Å². The van der Waals surface area contributed by atoms with Crippen LogP contribution in [0.15, 0.2) is 18.2 Å². The van der Waals surface area contributed by atoms with Crippen LogP contribution in [0.3, 0.4) is 0 Å². The first kappa shape index (κ1) is 19.8. The Balaban J connectivity index is 1.97. The Hall–Kier alpha value is -1.47. The first-order valence-corrected chi connectivity index (χ1v) is 8.63. The molecule has 4 nitrogen and oxygen atoms in total. The Morgan fingerprint density at radius 1 is 1.16 bits per heavy atom. The molecule has 0 aliphatic heterocycles. The van der Waals surface area contributed by atoms with Crippen LogP contribution in [-0.4, -0.2) is 37.6 Å². The van der Waals surface area contributed by atoms with E-state index in [1.165, 1.54) is 19.6 Å². The van der Waals surface area contributed by atoms with Crippen molar-refractivity contribution in [3.05, 3.63) is 23.8 Å². The first-order valence-electron chi connectivity index (χ1n) is 8.63. The number of methoxy groups -OCH3 is 1. The molecule has 1 aliphatic carbocycles. The molecule has 1 saturated carbocycles. The van der Waals surface area contributed by atoms with E-state index in [1.807, 2.05) is 0 Å². The van der Waals surface area contributed by atoms with Crippen LogP contribution < -0.4 is 14.8 Å². The Bertz CT molecular complexity index is 537. The molecule has 0 radical (unpaired) electrons. The number of ether oxygens (including phenoxy) is 2. The summed E-state index contributed by atoms with van der Waals surface area (Å²) in [7, 11) is 1.40. The second-order valence-corrected chi connectivity index (χ2v) is 6.46. The van der Waals surface area contributed by atoms with Crippen LogP contribution in [0.2, 0.25) is 0 Å². The van der Waals surface area contributed by atoms with Gasteiger partial charge in [-0.3, -0.25) is 0 Å². The number of hydrogen-bond acceptors (Lipinski definition) is 4. The molecule has 25 heavy (non-hydrogen) atoms. The van der Waals surface area contributed by atoms with Gasteiger partial charge in [-0.05, 0) is 36.5 Å². The van der Waals surface area contributed by atoms with E-state index in [4.69, 9.17) is 9.47 Å². The van der Waals surface area contributed by atoms with Crippen LogP contribution in [0, 0.1) is 5.92 Å². The molecule has 0 unspecified atom stereocenters. The number of benzene rings is 1. The van der Waals surface area contributed by atoms with Gasteiger partial charge in [-0.1, -0.05) is 25.3 Å². The molecule has 0 heterocycles. The van der Waals surface area contributed by atoms with Crippen LogP contribution in [0.5, 0.6) is 11.5 Å². The lowest BCUT2D eigenvalue weighted by Crippen LogP contribution is -2.36. The highest BCUT2D eigenvalue weighted by molar-refractivity contribution is 5.43. The van der Waals surface area contributed by atoms with Gasteiger partial charge in [-0.2, -0.15) is 13.2 Å². The summed E-state index contributed by atoms with van der Waals surface area (Å²) in [5, 5.41) is 13.0. The van der Waals surface area contributed by atoms with Gasteiger partial charge in [0.05, 0.1) is 7.11 Å². The summed E-state index contributed by atoms with van der Waals surface area (Å²) >= 11 is 0. The molecule has 2 rings (SSSR count). The van der Waals surface area contributed by atoms with Crippen molar-refractivity contribution in [1.29, 1.82) is 0 Å². The molecule has 142 valence electrons. The minimum absolute atomic E-state index is 0.0753. The molecule has 7 heteroatoms. The van der Waals surface area contributed by atoms with E-state index in [0.29, 0.717) is 6.54 Å². The number of alkyl halides is 3. The molecular weight excluding hydrogens is 335 g/mol. The fourth-order valence-corrected chi connectivity index (χ4v) is 3.22. The van der Waals surface area contributed by atoms with Crippen molar-refractivity contribution in [3.8, 4) is 11.5 Å². The minimum Gasteiger partial charge on any atom is -0.493 e. The van der Waals surface area contributed by atoms with Gasteiger partial charge >= 0.3 is 6.18 Å². The second-order valence-electron chi connectivity index (χ2n) is 6.46. The lowest BCUT2D eigenvalue weighted by atomic mass is 9.95. The molecule has 0 aromatic heterocycles. The molecule has 1 fully saturated rings. The summed E-state index contributed by atoms with van der Waals surface area (Å²) in [5.41, 5.74) is 0.900. The zero-order valence-corrected chi connectivity index (χ0v) is 14.4. The zero-order valence-electron chi connectivity index (χ0n) is 14.4. The Kier molecular flexibility index (Phi) is 7.38. The minimum atomic E-state index is -4.38. The second kappa shape index (κ2) is 9.29. The highest BCUT2D eigenvalue weighted by Gasteiger charge is 2.29. The zero-order chi connectivity index (χ0) is 18.3. The summed E-state index contributed by atoms with van der Waals surface area (Å²) in [6, 6.07) is 5.16. The molecule has 0 saturated heterocycles. The van der Waals surface area contributed by atoms with Crippen molar-refractivity contribution in [3.63, 3.8) is 0 Å². The lowest BCUT2D eigenvalue weighted by molar-refractivity contribution is -0.153.